The average molecular weight is 317 g/mol. The van der Waals surface area contributed by atoms with Gasteiger partial charge < -0.3 is 4.74 Å². The van der Waals surface area contributed by atoms with Gasteiger partial charge in [-0.05, 0) is 49.9 Å². The average Bonchev–Trinajstić information content (AvgIpc) is 2.47. The van der Waals surface area contributed by atoms with Crippen LogP contribution in [0.25, 0.3) is 0 Å². The van der Waals surface area contributed by atoms with Crippen molar-refractivity contribution in [2.75, 3.05) is 7.11 Å². The molecule has 0 spiro atoms. The van der Waals surface area contributed by atoms with E-state index in [1.165, 1.54) is 19.2 Å². The predicted molar refractivity (Wildman–Crippen MR) is 76.4 cm³/mol. The maximum Gasteiger partial charge on any atom is 0.308 e. The molecule has 1 aliphatic carbocycles. The van der Waals surface area contributed by atoms with Crippen LogP contribution in [-0.4, -0.2) is 26.7 Å². The number of carbonyl (C=O) groups excluding carboxylic acids is 1. The van der Waals surface area contributed by atoms with Crippen LogP contribution in [0.1, 0.15) is 25.7 Å². The van der Waals surface area contributed by atoms with Crippen LogP contribution in [0.3, 0.4) is 0 Å². The topological polar surface area (TPSA) is 60.4 Å². The van der Waals surface area contributed by atoms with Gasteiger partial charge in [-0.3, -0.25) is 4.79 Å². The molecule has 1 fully saturated rings. The predicted octanol–water partition coefficient (Wildman–Crippen LogP) is 2.85. The summed E-state index contributed by atoms with van der Waals surface area (Å²) in [5.74, 6) is -0.413. The highest BCUT2D eigenvalue weighted by Crippen LogP contribution is 2.32. The van der Waals surface area contributed by atoms with Gasteiger partial charge in [-0.2, -0.15) is 0 Å². The first-order chi connectivity index (χ1) is 9.45. The summed E-state index contributed by atoms with van der Waals surface area (Å²) in [5, 5.41) is 0.0860. The maximum atomic E-state index is 12.5. The first kappa shape index (κ1) is 15.3. The quantitative estimate of drug-likeness (QED) is 0.805. The van der Waals surface area contributed by atoms with Crippen molar-refractivity contribution >= 4 is 27.4 Å². The van der Waals surface area contributed by atoms with Gasteiger partial charge in [-0.25, -0.2) is 8.42 Å². The molecule has 0 bridgehead atoms. The summed E-state index contributed by atoms with van der Waals surface area (Å²) in [4.78, 5) is 11.7. The molecule has 1 aromatic rings. The zero-order valence-electron chi connectivity index (χ0n) is 11.2. The van der Waals surface area contributed by atoms with E-state index in [-0.39, 0.29) is 11.9 Å². The third kappa shape index (κ3) is 3.15. The van der Waals surface area contributed by atoms with Gasteiger partial charge in [-0.1, -0.05) is 11.6 Å². The normalized spacial score (nSPS) is 23.3. The van der Waals surface area contributed by atoms with E-state index < -0.39 is 15.1 Å². The molecule has 1 aromatic carbocycles. The van der Waals surface area contributed by atoms with Crippen LogP contribution in [0.4, 0.5) is 0 Å². The zero-order valence-corrected chi connectivity index (χ0v) is 12.8. The SMILES string of the molecule is COC(=O)[C@H]1CC[C@H](S(=O)(=O)c2ccc(Cl)cc2)CC1. The van der Waals surface area contributed by atoms with Crippen molar-refractivity contribution in [2.45, 2.75) is 35.8 Å². The van der Waals surface area contributed by atoms with E-state index in [1.807, 2.05) is 0 Å². The Morgan fingerprint density at radius 2 is 1.70 bits per heavy atom. The van der Waals surface area contributed by atoms with Crippen LogP contribution in [0.5, 0.6) is 0 Å². The van der Waals surface area contributed by atoms with Gasteiger partial charge in [0, 0.05) is 5.02 Å². The molecule has 110 valence electrons. The molecule has 0 saturated heterocycles. The van der Waals surface area contributed by atoms with Gasteiger partial charge >= 0.3 is 5.97 Å². The first-order valence-electron chi connectivity index (χ1n) is 6.52. The second-order valence-corrected chi connectivity index (χ2v) is 7.66. The van der Waals surface area contributed by atoms with Gasteiger partial charge in [-0.15, -0.1) is 0 Å². The van der Waals surface area contributed by atoms with Crippen LogP contribution in [0.2, 0.25) is 5.02 Å². The highest BCUT2D eigenvalue weighted by molar-refractivity contribution is 7.92. The molecule has 2 rings (SSSR count). The van der Waals surface area contributed by atoms with Crippen molar-refractivity contribution in [3.8, 4) is 0 Å². The molecule has 0 amide bonds. The Morgan fingerprint density at radius 1 is 1.15 bits per heavy atom. The molecule has 20 heavy (non-hydrogen) atoms. The van der Waals surface area contributed by atoms with E-state index in [9.17, 15) is 13.2 Å². The third-order valence-corrected chi connectivity index (χ3v) is 6.32. The number of rotatable bonds is 3. The molecular formula is C14H17ClO4S. The van der Waals surface area contributed by atoms with Crippen molar-refractivity contribution in [2.24, 2.45) is 5.92 Å². The Morgan fingerprint density at radius 3 is 2.20 bits per heavy atom. The van der Waals surface area contributed by atoms with Crippen LogP contribution < -0.4 is 0 Å². The smallest absolute Gasteiger partial charge is 0.308 e. The number of ether oxygens (including phenoxy) is 1. The number of hydrogen-bond acceptors (Lipinski definition) is 4. The molecule has 6 heteroatoms. The van der Waals surface area contributed by atoms with Gasteiger partial charge in [0.2, 0.25) is 0 Å². The van der Waals surface area contributed by atoms with E-state index in [2.05, 4.69) is 0 Å². The Bertz CT molecular complexity index is 572. The number of halogens is 1. The Kier molecular flexibility index (Phi) is 4.70. The van der Waals surface area contributed by atoms with Crippen LogP contribution in [0, 0.1) is 5.92 Å². The fourth-order valence-corrected chi connectivity index (χ4v) is 4.51. The Balaban J connectivity index is 2.09. The molecule has 0 unspecified atom stereocenters. The lowest BCUT2D eigenvalue weighted by atomic mass is 9.89. The number of carbonyl (C=O) groups is 1. The summed E-state index contributed by atoms with van der Waals surface area (Å²) in [6.07, 6.45) is 2.10. The molecular weight excluding hydrogens is 300 g/mol. The van der Waals surface area contributed by atoms with E-state index in [1.54, 1.807) is 12.1 Å². The summed E-state index contributed by atoms with van der Waals surface area (Å²) >= 11 is 5.77. The second-order valence-electron chi connectivity index (χ2n) is 5.00. The molecule has 0 aliphatic heterocycles. The van der Waals surface area contributed by atoms with Gasteiger partial charge in [0.05, 0.1) is 23.2 Å². The minimum atomic E-state index is -3.35. The lowest BCUT2D eigenvalue weighted by molar-refractivity contribution is -0.146. The molecule has 0 N–H and O–H groups in total. The standard InChI is InChI=1S/C14H17ClO4S/c1-19-14(16)10-2-6-12(7-3-10)20(17,18)13-8-4-11(15)5-9-13/h4-5,8-10,12H,2-3,6-7H2,1H3/t10-,12-. The molecule has 0 radical (unpaired) electrons. The van der Waals surface area contributed by atoms with Crippen molar-refractivity contribution in [1.82, 2.24) is 0 Å². The second kappa shape index (κ2) is 6.14. The summed E-state index contributed by atoms with van der Waals surface area (Å²) < 4.78 is 29.7. The number of esters is 1. The van der Waals surface area contributed by atoms with E-state index in [0.717, 1.165) is 0 Å². The number of hydrogen-bond donors (Lipinski definition) is 0. The molecule has 4 nitrogen and oxygen atoms in total. The number of sulfone groups is 1. The van der Waals surface area contributed by atoms with Gasteiger partial charge in [0.1, 0.15) is 0 Å². The number of benzene rings is 1. The first-order valence-corrected chi connectivity index (χ1v) is 8.45. The fraction of sp³-hybridized carbons (Fsp3) is 0.500. The van der Waals surface area contributed by atoms with Gasteiger partial charge in [0.15, 0.2) is 9.84 Å². The van der Waals surface area contributed by atoms with E-state index in [0.29, 0.717) is 35.6 Å². The third-order valence-electron chi connectivity index (χ3n) is 3.79. The summed E-state index contributed by atoms with van der Waals surface area (Å²) in [6.45, 7) is 0. The lowest BCUT2D eigenvalue weighted by Crippen LogP contribution is -2.30. The van der Waals surface area contributed by atoms with Crippen LogP contribution >= 0.6 is 11.6 Å². The minimum Gasteiger partial charge on any atom is -0.469 e. The minimum absolute atomic E-state index is 0.170. The lowest BCUT2D eigenvalue weighted by Gasteiger charge is -2.26. The maximum absolute atomic E-state index is 12.5. The molecule has 1 saturated carbocycles. The molecule has 1 aliphatic rings. The van der Waals surface area contributed by atoms with Crippen molar-refractivity contribution < 1.29 is 17.9 Å². The van der Waals surface area contributed by atoms with Crippen molar-refractivity contribution in [1.29, 1.82) is 0 Å². The molecule has 0 aromatic heterocycles. The van der Waals surface area contributed by atoms with E-state index in [4.69, 9.17) is 16.3 Å². The van der Waals surface area contributed by atoms with Crippen LogP contribution in [0.15, 0.2) is 29.2 Å². The monoisotopic (exact) mass is 316 g/mol. The molecule has 0 heterocycles. The highest BCUT2D eigenvalue weighted by Gasteiger charge is 2.34. The Hall–Kier alpha value is -1.07. The molecule has 0 atom stereocenters. The van der Waals surface area contributed by atoms with Crippen molar-refractivity contribution in [3.63, 3.8) is 0 Å². The fourth-order valence-electron chi connectivity index (χ4n) is 2.59. The Labute approximate surface area is 124 Å². The number of methoxy groups -OCH3 is 1. The zero-order chi connectivity index (χ0) is 14.8. The van der Waals surface area contributed by atoms with Gasteiger partial charge in [0.25, 0.3) is 0 Å². The van der Waals surface area contributed by atoms with E-state index >= 15 is 0 Å². The summed E-state index contributed by atoms with van der Waals surface area (Å²) in [6, 6.07) is 6.22. The summed E-state index contributed by atoms with van der Waals surface area (Å²) in [5.41, 5.74) is 0. The largest absolute Gasteiger partial charge is 0.469 e. The van der Waals surface area contributed by atoms with Crippen molar-refractivity contribution in [3.05, 3.63) is 29.3 Å². The van der Waals surface area contributed by atoms with Crippen LogP contribution in [-0.2, 0) is 19.4 Å². The summed E-state index contributed by atoms with van der Waals surface area (Å²) in [7, 11) is -1.99. The highest BCUT2D eigenvalue weighted by atomic mass is 35.5.